The second-order valence-electron chi connectivity index (χ2n) is 3.93. The van der Waals surface area contributed by atoms with Crippen LogP contribution >= 0.6 is 22.7 Å². The molecule has 3 aromatic rings. The molecule has 3 rings (SSSR count). The number of fused-ring (bicyclic) bond motifs is 1. The quantitative estimate of drug-likeness (QED) is 0.687. The second-order valence-corrected chi connectivity index (χ2v) is 5.70. The molecule has 3 aromatic heterocycles. The van der Waals surface area contributed by atoms with Crippen LogP contribution in [0, 0.1) is 6.92 Å². The van der Waals surface area contributed by atoms with E-state index in [-0.39, 0.29) is 0 Å². The van der Waals surface area contributed by atoms with Gasteiger partial charge in [-0.05, 0) is 30.4 Å². The maximum Gasteiger partial charge on any atom is 0.125 e. The first-order valence-electron chi connectivity index (χ1n) is 5.57. The monoisotopic (exact) mass is 260 g/mol. The molecule has 4 heteroatoms. The zero-order valence-electron chi connectivity index (χ0n) is 9.73. The number of hydrogen-bond acceptors (Lipinski definition) is 4. The average molecular weight is 260 g/mol. The van der Waals surface area contributed by atoms with E-state index in [9.17, 15) is 0 Å². The number of aromatic nitrogens is 2. The summed E-state index contributed by atoms with van der Waals surface area (Å²) >= 11 is 3.51. The lowest BCUT2D eigenvalue weighted by molar-refractivity contribution is 1.15. The maximum absolute atomic E-state index is 4.73. The van der Waals surface area contributed by atoms with E-state index in [4.69, 9.17) is 4.98 Å². The van der Waals surface area contributed by atoms with Crippen LogP contribution in [-0.2, 0) is 6.42 Å². The molecular weight excluding hydrogens is 248 g/mol. The lowest BCUT2D eigenvalue weighted by Gasteiger charge is -1.95. The van der Waals surface area contributed by atoms with Crippen molar-refractivity contribution in [3.8, 4) is 10.6 Å². The van der Waals surface area contributed by atoms with Crippen molar-refractivity contribution in [1.29, 1.82) is 0 Å². The van der Waals surface area contributed by atoms with E-state index in [1.807, 2.05) is 19.2 Å². The van der Waals surface area contributed by atoms with Crippen molar-refractivity contribution < 1.29 is 0 Å². The van der Waals surface area contributed by atoms with Gasteiger partial charge in [0.1, 0.15) is 10.5 Å². The lowest BCUT2D eigenvalue weighted by Crippen LogP contribution is -1.82. The molecule has 0 fully saturated rings. The molecule has 17 heavy (non-hydrogen) atoms. The SMILES string of the molecule is CCc1cscc1-c1nc2c(C)nccc2s1. The largest absolute Gasteiger partial charge is 0.259 e. The summed E-state index contributed by atoms with van der Waals surface area (Å²) in [6.07, 6.45) is 2.92. The third-order valence-electron chi connectivity index (χ3n) is 2.84. The van der Waals surface area contributed by atoms with Crippen LogP contribution in [0.15, 0.2) is 23.0 Å². The number of pyridine rings is 1. The molecule has 0 amide bonds. The summed E-state index contributed by atoms with van der Waals surface area (Å²) in [4.78, 5) is 9.02. The summed E-state index contributed by atoms with van der Waals surface area (Å²) in [6, 6.07) is 2.04. The third-order valence-corrected chi connectivity index (χ3v) is 4.69. The molecule has 0 radical (unpaired) electrons. The topological polar surface area (TPSA) is 25.8 Å². The average Bonchev–Trinajstić information content (AvgIpc) is 2.94. The first kappa shape index (κ1) is 10.9. The van der Waals surface area contributed by atoms with Gasteiger partial charge in [-0.3, -0.25) is 4.98 Å². The molecule has 0 aliphatic carbocycles. The van der Waals surface area contributed by atoms with Gasteiger partial charge in [0.05, 0.1) is 10.4 Å². The zero-order chi connectivity index (χ0) is 11.8. The van der Waals surface area contributed by atoms with E-state index in [1.165, 1.54) is 15.8 Å². The first-order valence-corrected chi connectivity index (χ1v) is 7.33. The van der Waals surface area contributed by atoms with E-state index in [1.54, 1.807) is 22.7 Å². The molecule has 2 nitrogen and oxygen atoms in total. The van der Waals surface area contributed by atoms with Crippen molar-refractivity contribution in [2.45, 2.75) is 20.3 Å². The summed E-state index contributed by atoms with van der Waals surface area (Å²) in [5.74, 6) is 0. The minimum Gasteiger partial charge on any atom is -0.259 e. The standard InChI is InChI=1S/C13H12N2S2/c1-3-9-6-16-7-10(9)13-15-12-8(2)14-5-4-11(12)17-13/h4-7H,3H2,1-2H3. The Morgan fingerprint density at radius 2 is 2.18 bits per heavy atom. The Balaban J connectivity index is 2.22. The van der Waals surface area contributed by atoms with Gasteiger partial charge in [0.2, 0.25) is 0 Å². The van der Waals surface area contributed by atoms with Gasteiger partial charge >= 0.3 is 0 Å². The fourth-order valence-corrected chi connectivity index (χ4v) is 3.95. The molecule has 3 heterocycles. The minimum absolute atomic E-state index is 1.01. The van der Waals surface area contributed by atoms with E-state index >= 15 is 0 Å². The number of thiazole rings is 1. The van der Waals surface area contributed by atoms with Crippen LogP contribution in [0.3, 0.4) is 0 Å². The van der Waals surface area contributed by atoms with Crippen molar-refractivity contribution in [2.24, 2.45) is 0 Å². The maximum atomic E-state index is 4.73. The van der Waals surface area contributed by atoms with Gasteiger partial charge in [-0.15, -0.1) is 11.3 Å². The highest BCUT2D eigenvalue weighted by molar-refractivity contribution is 7.22. The van der Waals surface area contributed by atoms with E-state index in [0.29, 0.717) is 0 Å². The molecule has 0 saturated heterocycles. The molecule has 86 valence electrons. The van der Waals surface area contributed by atoms with Gasteiger partial charge < -0.3 is 0 Å². The highest BCUT2D eigenvalue weighted by Crippen LogP contribution is 2.34. The summed E-state index contributed by atoms with van der Waals surface area (Å²) in [5.41, 5.74) is 4.73. The molecule has 0 unspecified atom stereocenters. The van der Waals surface area contributed by atoms with Crippen LogP contribution in [0.1, 0.15) is 18.2 Å². The highest BCUT2D eigenvalue weighted by atomic mass is 32.1. The second kappa shape index (κ2) is 4.20. The predicted octanol–water partition coefficient (Wildman–Crippen LogP) is 4.29. The van der Waals surface area contributed by atoms with Crippen LogP contribution in [0.5, 0.6) is 0 Å². The van der Waals surface area contributed by atoms with Gasteiger partial charge in [0.15, 0.2) is 0 Å². The Kier molecular flexibility index (Phi) is 2.68. The van der Waals surface area contributed by atoms with Crippen molar-refractivity contribution in [1.82, 2.24) is 9.97 Å². The number of hydrogen-bond donors (Lipinski definition) is 0. The molecule has 0 aromatic carbocycles. The minimum atomic E-state index is 1.01. The van der Waals surface area contributed by atoms with Gasteiger partial charge in [-0.2, -0.15) is 11.3 Å². The van der Waals surface area contributed by atoms with E-state index < -0.39 is 0 Å². The zero-order valence-corrected chi connectivity index (χ0v) is 11.4. The van der Waals surface area contributed by atoms with Crippen molar-refractivity contribution in [3.63, 3.8) is 0 Å². The van der Waals surface area contributed by atoms with E-state index in [2.05, 4.69) is 22.7 Å². The number of nitrogens with zero attached hydrogens (tertiary/aromatic N) is 2. The van der Waals surface area contributed by atoms with Crippen molar-refractivity contribution in [2.75, 3.05) is 0 Å². The van der Waals surface area contributed by atoms with Gasteiger partial charge in [0, 0.05) is 17.1 Å². The molecule has 0 aliphatic heterocycles. The van der Waals surface area contributed by atoms with Crippen LogP contribution in [0.4, 0.5) is 0 Å². The first-order chi connectivity index (χ1) is 8.29. The summed E-state index contributed by atoms with van der Waals surface area (Å²) in [7, 11) is 0. The molecular formula is C13H12N2S2. The Hall–Kier alpha value is -1.26. The van der Waals surface area contributed by atoms with Gasteiger partial charge in [-0.1, -0.05) is 6.92 Å². The molecule has 0 spiro atoms. The van der Waals surface area contributed by atoms with Gasteiger partial charge in [-0.25, -0.2) is 4.98 Å². The van der Waals surface area contributed by atoms with Crippen LogP contribution in [0.2, 0.25) is 0 Å². The third kappa shape index (κ3) is 1.77. The van der Waals surface area contributed by atoms with Crippen LogP contribution in [0.25, 0.3) is 20.8 Å². The number of rotatable bonds is 2. The van der Waals surface area contributed by atoms with Crippen LogP contribution in [-0.4, -0.2) is 9.97 Å². The molecule has 0 aliphatic rings. The molecule has 0 bridgehead atoms. The van der Waals surface area contributed by atoms with Crippen molar-refractivity contribution >= 4 is 32.9 Å². The number of aryl methyl sites for hydroxylation is 2. The fourth-order valence-electron chi connectivity index (χ4n) is 1.88. The van der Waals surface area contributed by atoms with Crippen LogP contribution < -0.4 is 0 Å². The summed E-state index contributed by atoms with van der Waals surface area (Å²) in [5, 5.41) is 5.53. The Morgan fingerprint density at radius 3 is 2.94 bits per heavy atom. The Morgan fingerprint density at radius 1 is 1.29 bits per heavy atom. The fraction of sp³-hybridized carbons (Fsp3) is 0.231. The molecule has 0 atom stereocenters. The van der Waals surface area contributed by atoms with E-state index in [0.717, 1.165) is 22.6 Å². The Bertz CT molecular complexity index is 667. The molecule has 0 saturated carbocycles. The van der Waals surface area contributed by atoms with Crippen molar-refractivity contribution in [3.05, 3.63) is 34.3 Å². The number of thiophene rings is 1. The smallest absolute Gasteiger partial charge is 0.125 e. The summed E-state index contributed by atoms with van der Waals surface area (Å²) in [6.45, 7) is 4.20. The Labute approximate surface area is 108 Å². The lowest BCUT2D eigenvalue weighted by atomic mass is 10.1. The summed E-state index contributed by atoms with van der Waals surface area (Å²) < 4.78 is 1.22. The molecule has 0 N–H and O–H groups in total. The van der Waals surface area contributed by atoms with Gasteiger partial charge in [0.25, 0.3) is 0 Å². The normalized spacial score (nSPS) is 11.2. The highest BCUT2D eigenvalue weighted by Gasteiger charge is 2.11. The predicted molar refractivity (Wildman–Crippen MR) is 74.8 cm³/mol.